The molecule has 0 bridgehead atoms. The summed E-state index contributed by atoms with van der Waals surface area (Å²) in [6.07, 6.45) is 1.81. The van der Waals surface area contributed by atoms with Gasteiger partial charge in [0.2, 0.25) is 0 Å². The molecule has 0 aromatic heterocycles. The first-order valence-electron chi connectivity index (χ1n) is 6.24. The van der Waals surface area contributed by atoms with Gasteiger partial charge in [-0.1, -0.05) is 34.0 Å². The van der Waals surface area contributed by atoms with Crippen LogP contribution >= 0.6 is 15.9 Å². The number of hydrogen-bond donors (Lipinski definition) is 1. The fourth-order valence-electron chi connectivity index (χ4n) is 1.81. The van der Waals surface area contributed by atoms with E-state index in [9.17, 15) is 5.11 Å². The zero-order valence-electron chi connectivity index (χ0n) is 11.6. The van der Waals surface area contributed by atoms with Gasteiger partial charge >= 0.3 is 7.12 Å². The van der Waals surface area contributed by atoms with Crippen molar-refractivity contribution >= 4 is 29.1 Å². The molecule has 0 radical (unpaired) electrons. The topological polar surface area (TPSA) is 38.7 Å². The largest absolute Gasteiger partial charge is 0.507 e. The average molecular weight is 325 g/mol. The number of halogens is 1. The molecule has 1 aromatic rings. The van der Waals surface area contributed by atoms with Crippen LogP contribution in [-0.4, -0.2) is 23.4 Å². The van der Waals surface area contributed by atoms with E-state index in [0.29, 0.717) is 0 Å². The highest BCUT2D eigenvalue weighted by Crippen LogP contribution is 2.37. The Morgan fingerprint density at radius 1 is 1.16 bits per heavy atom. The highest BCUT2D eigenvalue weighted by molar-refractivity contribution is 9.10. The number of hydrogen-bond acceptors (Lipinski definition) is 3. The van der Waals surface area contributed by atoms with Gasteiger partial charge in [-0.05, 0) is 39.8 Å². The quantitative estimate of drug-likeness (QED) is 0.841. The highest BCUT2D eigenvalue weighted by atomic mass is 79.9. The van der Waals surface area contributed by atoms with Crippen molar-refractivity contribution in [1.82, 2.24) is 0 Å². The van der Waals surface area contributed by atoms with Crippen LogP contribution < -0.4 is 0 Å². The second kappa shape index (κ2) is 4.96. The molecule has 5 heteroatoms. The van der Waals surface area contributed by atoms with E-state index < -0.39 is 7.12 Å². The molecule has 0 atom stereocenters. The maximum atomic E-state index is 9.81. The number of aromatic hydroxyl groups is 1. The predicted octanol–water partition coefficient (Wildman–Crippen LogP) is 3.80. The summed E-state index contributed by atoms with van der Waals surface area (Å²) in [5, 5.41) is 9.81. The molecular weight excluding hydrogens is 307 g/mol. The van der Waals surface area contributed by atoms with Crippen molar-refractivity contribution in [3.63, 3.8) is 0 Å². The molecule has 19 heavy (non-hydrogen) atoms. The number of rotatable bonds is 2. The van der Waals surface area contributed by atoms with E-state index in [1.165, 1.54) is 0 Å². The van der Waals surface area contributed by atoms with Crippen molar-refractivity contribution < 1.29 is 14.4 Å². The second-order valence-corrected chi connectivity index (χ2v) is 6.60. The fraction of sp³-hybridized carbons (Fsp3) is 0.429. The minimum absolute atomic E-state index is 0.224. The summed E-state index contributed by atoms with van der Waals surface area (Å²) in [4.78, 5) is 0. The zero-order chi connectivity index (χ0) is 14.3. The van der Waals surface area contributed by atoms with Crippen LogP contribution in [0.15, 0.2) is 28.6 Å². The Labute approximate surface area is 122 Å². The average Bonchev–Trinajstić information content (AvgIpc) is 2.46. The lowest BCUT2D eigenvalue weighted by molar-refractivity contribution is 0.00578. The third-order valence-electron chi connectivity index (χ3n) is 3.70. The lowest BCUT2D eigenvalue weighted by Crippen LogP contribution is -2.41. The lowest BCUT2D eigenvalue weighted by Gasteiger charge is -2.32. The van der Waals surface area contributed by atoms with Crippen LogP contribution in [-0.2, 0) is 9.31 Å². The Morgan fingerprint density at radius 2 is 1.74 bits per heavy atom. The van der Waals surface area contributed by atoms with Crippen molar-refractivity contribution in [2.45, 2.75) is 38.9 Å². The summed E-state index contributed by atoms with van der Waals surface area (Å²) in [5.41, 5.74) is 0.0472. The molecule has 3 nitrogen and oxygen atoms in total. The molecule has 102 valence electrons. The van der Waals surface area contributed by atoms with Crippen LogP contribution in [0.25, 0.3) is 6.08 Å². The monoisotopic (exact) mass is 324 g/mol. The van der Waals surface area contributed by atoms with Crippen LogP contribution in [0.3, 0.4) is 0 Å². The maximum Gasteiger partial charge on any atom is 0.487 e. The summed E-state index contributed by atoms with van der Waals surface area (Å²) in [6, 6.07) is 5.37. The SMILES string of the molecule is CC1(C)OB(/C=C\c2ccc(Br)cc2O)OC1(C)C. The standard InChI is InChI=1S/C14H18BBrO3/c1-13(2)14(3,4)19-15(18-13)8-7-10-5-6-11(16)9-12(10)17/h5-9,17H,1-4H3/b8-7-. The first-order chi connectivity index (χ1) is 8.71. The molecule has 2 rings (SSSR count). The molecule has 0 aliphatic carbocycles. The van der Waals surface area contributed by atoms with Crippen molar-refractivity contribution in [3.8, 4) is 5.75 Å². The smallest absolute Gasteiger partial charge is 0.487 e. The molecule has 0 unspecified atom stereocenters. The Morgan fingerprint density at radius 3 is 2.26 bits per heavy atom. The van der Waals surface area contributed by atoms with Gasteiger partial charge in [-0.25, -0.2) is 0 Å². The summed E-state index contributed by atoms with van der Waals surface area (Å²) >= 11 is 3.31. The molecule has 1 aliphatic heterocycles. The predicted molar refractivity (Wildman–Crippen MR) is 80.9 cm³/mol. The van der Waals surface area contributed by atoms with E-state index in [4.69, 9.17) is 9.31 Å². The molecule has 1 saturated heterocycles. The number of benzene rings is 1. The summed E-state index contributed by atoms with van der Waals surface area (Å²) in [7, 11) is -0.395. The van der Waals surface area contributed by atoms with E-state index >= 15 is 0 Å². The molecule has 1 fully saturated rings. The van der Waals surface area contributed by atoms with E-state index in [-0.39, 0.29) is 17.0 Å². The first kappa shape index (κ1) is 14.6. The molecular formula is C14H18BBrO3. The number of phenolic OH excluding ortho intramolecular Hbond substituents is 1. The molecule has 1 aliphatic rings. The molecule has 0 amide bonds. The van der Waals surface area contributed by atoms with Gasteiger partial charge < -0.3 is 14.4 Å². The van der Waals surface area contributed by atoms with Crippen LogP contribution in [0.2, 0.25) is 0 Å². The van der Waals surface area contributed by atoms with Gasteiger partial charge in [0, 0.05) is 10.0 Å². The Balaban J connectivity index is 2.13. The normalized spacial score (nSPS) is 21.2. The van der Waals surface area contributed by atoms with Crippen molar-refractivity contribution in [1.29, 1.82) is 0 Å². The summed E-state index contributed by atoms with van der Waals surface area (Å²) in [6.45, 7) is 8.05. The van der Waals surface area contributed by atoms with E-state index in [0.717, 1.165) is 10.0 Å². The van der Waals surface area contributed by atoms with Crippen LogP contribution in [0, 0.1) is 0 Å². The van der Waals surface area contributed by atoms with Gasteiger partial charge in [-0.3, -0.25) is 0 Å². The van der Waals surface area contributed by atoms with E-state index in [2.05, 4.69) is 15.9 Å². The third-order valence-corrected chi connectivity index (χ3v) is 4.19. The summed E-state index contributed by atoms with van der Waals surface area (Å²) < 4.78 is 12.5. The van der Waals surface area contributed by atoms with Crippen molar-refractivity contribution in [2.24, 2.45) is 0 Å². The van der Waals surface area contributed by atoms with Gasteiger partial charge in [0.15, 0.2) is 0 Å². The molecule has 1 aromatic carbocycles. The van der Waals surface area contributed by atoms with Crippen LogP contribution in [0.1, 0.15) is 33.3 Å². The summed E-state index contributed by atoms with van der Waals surface area (Å²) in [5.74, 6) is 2.04. The number of phenols is 1. The van der Waals surface area contributed by atoms with Gasteiger partial charge in [-0.15, -0.1) is 0 Å². The molecule has 0 spiro atoms. The third kappa shape index (κ3) is 3.04. The van der Waals surface area contributed by atoms with Crippen LogP contribution in [0.4, 0.5) is 0 Å². The van der Waals surface area contributed by atoms with Gasteiger partial charge in [-0.2, -0.15) is 0 Å². The Kier molecular flexibility index (Phi) is 3.82. The maximum absolute atomic E-state index is 9.81. The lowest BCUT2D eigenvalue weighted by atomic mass is 9.89. The van der Waals surface area contributed by atoms with Crippen LogP contribution in [0.5, 0.6) is 5.75 Å². The molecule has 1 N–H and O–H groups in total. The highest BCUT2D eigenvalue weighted by Gasteiger charge is 2.49. The Hall–Kier alpha value is -0.775. The van der Waals surface area contributed by atoms with E-state index in [1.807, 2.05) is 51.9 Å². The molecule has 1 heterocycles. The van der Waals surface area contributed by atoms with E-state index in [1.54, 1.807) is 6.07 Å². The zero-order valence-corrected chi connectivity index (χ0v) is 13.2. The minimum Gasteiger partial charge on any atom is -0.507 e. The van der Waals surface area contributed by atoms with Gasteiger partial charge in [0.05, 0.1) is 11.2 Å². The molecule has 0 saturated carbocycles. The van der Waals surface area contributed by atoms with Crippen molar-refractivity contribution in [3.05, 3.63) is 34.2 Å². The minimum atomic E-state index is -0.395. The van der Waals surface area contributed by atoms with Gasteiger partial charge in [0.25, 0.3) is 0 Å². The Bertz CT molecular complexity index is 495. The first-order valence-corrected chi connectivity index (χ1v) is 7.03. The van der Waals surface area contributed by atoms with Gasteiger partial charge in [0.1, 0.15) is 5.75 Å². The second-order valence-electron chi connectivity index (χ2n) is 5.69. The van der Waals surface area contributed by atoms with Crippen molar-refractivity contribution in [2.75, 3.05) is 0 Å². The fourth-order valence-corrected chi connectivity index (χ4v) is 2.16.